The van der Waals surface area contributed by atoms with Crippen molar-refractivity contribution < 1.29 is 38.2 Å². The summed E-state index contributed by atoms with van der Waals surface area (Å²) in [6.45, 7) is 6.01. The summed E-state index contributed by atoms with van der Waals surface area (Å²) in [6, 6.07) is 14.1. The van der Waals surface area contributed by atoms with Crippen LogP contribution in [0, 0.1) is 11.8 Å². The largest absolute Gasteiger partial charge is 0.445 e. The Morgan fingerprint density at radius 1 is 0.431 bits per heavy atom. The summed E-state index contributed by atoms with van der Waals surface area (Å²) >= 11 is 0. The highest BCUT2D eigenvalue weighted by molar-refractivity contribution is 6.20. The lowest BCUT2D eigenvalue weighted by molar-refractivity contribution is -0.122. The summed E-state index contributed by atoms with van der Waals surface area (Å²) in [7, 11) is 0. The Labute approximate surface area is 434 Å². The summed E-state index contributed by atoms with van der Waals surface area (Å²) in [4.78, 5) is 75.4. The number of imide groups is 2. The third-order valence-corrected chi connectivity index (χ3v) is 14.8. The number of anilines is 2. The van der Waals surface area contributed by atoms with E-state index in [4.69, 9.17) is 9.47 Å². The highest BCUT2D eigenvalue weighted by atomic mass is 16.6. The first kappa shape index (κ1) is 59.8. The zero-order valence-corrected chi connectivity index (χ0v) is 44.8. The molecule has 2 aliphatic heterocycles. The van der Waals surface area contributed by atoms with E-state index in [1.54, 1.807) is 42.5 Å². The molecule has 2 aliphatic rings. The van der Waals surface area contributed by atoms with Gasteiger partial charge in [0.2, 0.25) is 23.6 Å². The van der Waals surface area contributed by atoms with Gasteiger partial charge in [-0.3, -0.25) is 29.0 Å². The lowest BCUT2D eigenvalue weighted by Gasteiger charge is -2.28. The first-order valence-corrected chi connectivity index (χ1v) is 28.9. The van der Waals surface area contributed by atoms with Gasteiger partial charge in [0, 0.05) is 38.8 Å². The molecule has 402 valence electrons. The molecule has 0 radical (unpaired) electrons. The fourth-order valence-electron chi connectivity index (χ4n) is 10.5. The van der Waals surface area contributed by atoms with Crippen molar-refractivity contribution in [3.8, 4) is 0 Å². The van der Waals surface area contributed by atoms with Gasteiger partial charge >= 0.3 is 12.2 Å². The van der Waals surface area contributed by atoms with Crippen LogP contribution in [0.25, 0.3) is 0 Å². The van der Waals surface area contributed by atoms with Crippen LogP contribution in [0.15, 0.2) is 48.5 Å². The molecule has 0 aromatic heterocycles. The number of hydrogen-bond donors (Lipinski definition) is 2. The predicted molar refractivity (Wildman–Crippen MR) is 290 cm³/mol. The van der Waals surface area contributed by atoms with Gasteiger partial charge in [-0.1, -0.05) is 218 Å². The Morgan fingerprint density at radius 3 is 1.18 bits per heavy atom. The molecule has 0 spiro atoms. The molecule has 2 unspecified atom stereocenters. The molecule has 12 heteroatoms. The summed E-state index contributed by atoms with van der Waals surface area (Å²) in [5.41, 5.74) is 2.62. The Balaban J connectivity index is 1.08. The van der Waals surface area contributed by atoms with E-state index in [0.717, 1.165) is 48.6 Å². The highest BCUT2D eigenvalue weighted by Crippen LogP contribution is 2.34. The van der Waals surface area contributed by atoms with Crippen LogP contribution in [0.3, 0.4) is 0 Å². The van der Waals surface area contributed by atoms with Gasteiger partial charge in [0.05, 0.1) is 11.4 Å². The second-order valence-corrected chi connectivity index (χ2v) is 20.7. The molecule has 0 bridgehead atoms. The predicted octanol–water partition coefficient (Wildman–Crippen LogP) is 15.1. The van der Waals surface area contributed by atoms with Gasteiger partial charge in [-0.2, -0.15) is 0 Å². The molecule has 12 nitrogen and oxygen atoms in total. The number of nitrogens with zero attached hydrogens (tertiary/aromatic N) is 2. The number of carbonyl (C=O) groups excluding carboxylic acids is 6. The van der Waals surface area contributed by atoms with Crippen LogP contribution in [0.4, 0.5) is 21.0 Å². The molecule has 6 amide bonds. The smallest absolute Gasteiger partial charge is 0.407 e. The SMILES string of the molecule is CCCCCCCCC(CCCCCCCCCNC(=O)OCc1ccc(N2C(=O)CCC2=O)cc1)C(CCCCCCCC)CCCCCCCCCNC(=O)OCc1cccc(N2C(=O)CCC2=O)c1. The van der Waals surface area contributed by atoms with Crippen molar-refractivity contribution >= 4 is 47.2 Å². The average Bonchev–Trinajstić information content (AvgIpc) is 3.91. The van der Waals surface area contributed by atoms with Crippen molar-refractivity contribution in [3.63, 3.8) is 0 Å². The number of carbonyl (C=O) groups is 6. The minimum Gasteiger partial charge on any atom is -0.445 e. The van der Waals surface area contributed by atoms with Gasteiger partial charge in [0.1, 0.15) is 13.2 Å². The third kappa shape index (κ3) is 24.3. The maximum atomic E-state index is 12.4. The molecule has 2 aromatic rings. The lowest BCUT2D eigenvalue weighted by atomic mass is 9.78. The van der Waals surface area contributed by atoms with E-state index in [0.29, 0.717) is 24.5 Å². The minimum atomic E-state index is -0.448. The van der Waals surface area contributed by atoms with Crippen molar-refractivity contribution in [2.75, 3.05) is 22.9 Å². The molecular weight excluding hydrogens is 905 g/mol. The standard InChI is InChI=1S/C60H94N4O8/c1-3-5-7-9-17-23-31-51(33-25-19-13-11-15-21-27-44-61-59(69)71-47-49-36-38-53(39-37-49)63-55(65)40-41-56(63)66)52(32-24-18-10-8-6-4-2)34-26-20-14-12-16-22-28-45-62-60(70)72-48-50-30-29-35-54(46-50)64-57(67)42-43-58(64)68/h29-30,35-39,46,51-52H,3-28,31-34,40-45,47-48H2,1-2H3,(H,61,69)(H,62,70). The Hall–Kier alpha value is -4.74. The molecule has 2 saturated heterocycles. The lowest BCUT2D eigenvalue weighted by Crippen LogP contribution is -2.28. The molecule has 4 rings (SSSR count). The number of amides is 6. The van der Waals surface area contributed by atoms with Gasteiger partial charge in [0.15, 0.2) is 0 Å². The Kier molecular flexibility index (Phi) is 30.8. The number of hydrogen-bond acceptors (Lipinski definition) is 8. The van der Waals surface area contributed by atoms with Crippen LogP contribution >= 0.6 is 0 Å². The van der Waals surface area contributed by atoms with Crippen LogP contribution in [0.2, 0.25) is 0 Å². The van der Waals surface area contributed by atoms with Crippen LogP contribution in [-0.4, -0.2) is 48.9 Å². The molecular formula is C60H94N4O8. The first-order valence-electron chi connectivity index (χ1n) is 28.9. The molecule has 2 fully saturated rings. The van der Waals surface area contributed by atoms with Crippen molar-refractivity contribution in [1.82, 2.24) is 10.6 Å². The van der Waals surface area contributed by atoms with Gasteiger partial charge in [-0.05, 0) is 60.1 Å². The number of benzene rings is 2. The summed E-state index contributed by atoms with van der Waals surface area (Å²) in [5.74, 6) is 0.943. The Bertz CT molecular complexity index is 1840. The number of rotatable bonds is 41. The summed E-state index contributed by atoms with van der Waals surface area (Å²) in [6.07, 6.45) is 38.7. The molecule has 2 atom stereocenters. The van der Waals surface area contributed by atoms with E-state index in [1.165, 1.54) is 177 Å². The minimum absolute atomic E-state index is 0.0823. The topological polar surface area (TPSA) is 151 Å². The van der Waals surface area contributed by atoms with Gasteiger partial charge in [-0.25, -0.2) is 9.59 Å². The normalized spacial score (nSPS) is 14.6. The van der Waals surface area contributed by atoms with Crippen LogP contribution < -0.4 is 20.4 Å². The van der Waals surface area contributed by atoms with Crippen LogP contribution in [0.1, 0.15) is 243 Å². The third-order valence-electron chi connectivity index (χ3n) is 14.8. The highest BCUT2D eigenvalue weighted by Gasteiger charge is 2.31. The average molecular weight is 999 g/mol. The molecule has 0 saturated carbocycles. The number of ether oxygens (including phenoxy) is 2. The fraction of sp³-hybridized carbons (Fsp3) is 0.700. The zero-order valence-electron chi connectivity index (χ0n) is 44.8. The molecule has 2 heterocycles. The summed E-state index contributed by atoms with van der Waals surface area (Å²) in [5, 5.41) is 5.75. The number of alkyl carbamates (subject to hydrolysis) is 2. The van der Waals surface area contributed by atoms with E-state index >= 15 is 0 Å². The van der Waals surface area contributed by atoms with E-state index < -0.39 is 12.2 Å². The summed E-state index contributed by atoms with van der Waals surface area (Å²) < 4.78 is 10.8. The van der Waals surface area contributed by atoms with Gasteiger partial charge in [0.25, 0.3) is 0 Å². The quantitative estimate of drug-likeness (QED) is 0.0493. The van der Waals surface area contributed by atoms with Crippen molar-refractivity contribution in [2.24, 2.45) is 11.8 Å². The molecule has 2 aromatic carbocycles. The van der Waals surface area contributed by atoms with E-state index in [-0.39, 0.29) is 62.5 Å². The van der Waals surface area contributed by atoms with Crippen molar-refractivity contribution in [3.05, 3.63) is 59.7 Å². The van der Waals surface area contributed by atoms with Gasteiger partial charge in [-0.15, -0.1) is 0 Å². The number of unbranched alkanes of at least 4 members (excludes halogenated alkanes) is 22. The van der Waals surface area contributed by atoms with E-state index in [9.17, 15) is 28.8 Å². The second kappa shape index (κ2) is 37.1. The van der Waals surface area contributed by atoms with Gasteiger partial charge < -0.3 is 20.1 Å². The van der Waals surface area contributed by atoms with Crippen LogP contribution in [-0.2, 0) is 41.9 Å². The molecule has 72 heavy (non-hydrogen) atoms. The zero-order chi connectivity index (χ0) is 51.4. The van der Waals surface area contributed by atoms with E-state index in [1.807, 2.05) is 6.07 Å². The maximum absolute atomic E-state index is 12.4. The van der Waals surface area contributed by atoms with E-state index in [2.05, 4.69) is 24.5 Å². The fourth-order valence-corrected chi connectivity index (χ4v) is 10.5. The monoisotopic (exact) mass is 999 g/mol. The second-order valence-electron chi connectivity index (χ2n) is 20.7. The first-order chi connectivity index (χ1) is 35.2. The van der Waals surface area contributed by atoms with Crippen molar-refractivity contribution in [1.29, 1.82) is 0 Å². The Morgan fingerprint density at radius 2 is 0.778 bits per heavy atom. The van der Waals surface area contributed by atoms with Crippen molar-refractivity contribution in [2.45, 2.75) is 245 Å². The molecule has 2 N–H and O–H groups in total. The maximum Gasteiger partial charge on any atom is 0.407 e. The van der Waals surface area contributed by atoms with Crippen LogP contribution in [0.5, 0.6) is 0 Å². The number of nitrogens with one attached hydrogen (secondary N) is 2. The molecule has 0 aliphatic carbocycles.